The van der Waals surface area contributed by atoms with E-state index >= 15 is 0 Å². The van der Waals surface area contributed by atoms with Gasteiger partial charge in [0.25, 0.3) is 5.91 Å². The molecule has 2 saturated heterocycles. The van der Waals surface area contributed by atoms with Crippen molar-refractivity contribution in [1.82, 2.24) is 4.90 Å². The van der Waals surface area contributed by atoms with Gasteiger partial charge in [-0.05, 0) is 12.8 Å². The van der Waals surface area contributed by atoms with Crippen LogP contribution in [0.25, 0.3) is 0 Å². The summed E-state index contributed by atoms with van der Waals surface area (Å²) in [5.74, 6) is -0.0117. The Balaban J connectivity index is 1.86. The Labute approximate surface area is 102 Å². The summed E-state index contributed by atoms with van der Waals surface area (Å²) in [7, 11) is 1.73. The van der Waals surface area contributed by atoms with E-state index in [1.165, 1.54) is 0 Å². The molecule has 0 radical (unpaired) electrons. The smallest absolute Gasteiger partial charge is 0.251 e. The van der Waals surface area contributed by atoms with Gasteiger partial charge in [0.15, 0.2) is 0 Å². The van der Waals surface area contributed by atoms with E-state index in [1.807, 2.05) is 0 Å². The first-order valence-electron chi connectivity index (χ1n) is 6.27. The highest BCUT2D eigenvalue weighted by Crippen LogP contribution is 2.22. The molecule has 0 saturated carbocycles. The van der Waals surface area contributed by atoms with E-state index in [9.17, 15) is 9.90 Å². The van der Waals surface area contributed by atoms with Crippen LogP contribution < -0.4 is 0 Å². The van der Waals surface area contributed by atoms with Gasteiger partial charge in [0.2, 0.25) is 0 Å². The molecule has 0 aromatic carbocycles. The molecule has 17 heavy (non-hydrogen) atoms. The van der Waals surface area contributed by atoms with Crippen molar-refractivity contribution >= 4 is 5.91 Å². The number of rotatable bonds is 3. The summed E-state index contributed by atoms with van der Waals surface area (Å²) in [5, 5.41) is 10.3. The molecule has 1 N–H and O–H groups in total. The normalized spacial score (nSPS) is 28.0. The van der Waals surface area contributed by atoms with Gasteiger partial charge in [0.05, 0.1) is 5.60 Å². The van der Waals surface area contributed by atoms with Crippen LogP contribution in [-0.2, 0) is 14.3 Å². The fourth-order valence-electron chi connectivity index (χ4n) is 2.45. The molecule has 2 aliphatic heterocycles. The van der Waals surface area contributed by atoms with Gasteiger partial charge < -0.3 is 19.5 Å². The first-order valence-corrected chi connectivity index (χ1v) is 6.27. The maximum atomic E-state index is 12.0. The lowest BCUT2D eigenvalue weighted by Crippen LogP contribution is -2.49. The van der Waals surface area contributed by atoms with Crippen LogP contribution in [0.1, 0.15) is 25.7 Å². The van der Waals surface area contributed by atoms with Crippen LogP contribution in [0, 0.1) is 0 Å². The van der Waals surface area contributed by atoms with Crippen LogP contribution in [0.2, 0.25) is 0 Å². The summed E-state index contributed by atoms with van der Waals surface area (Å²) in [6.45, 7) is 2.17. The number of likely N-dealkylation sites (N-methyl/N-ethyl adjacent to an activating group) is 1. The summed E-state index contributed by atoms with van der Waals surface area (Å²) in [4.78, 5) is 13.6. The second kappa shape index (κ2) is 5.33. The summed E-state index contributed by atoms with van der Waals surface area (Å²) >= 11 is 0. The Morgan fingerprint density at radius 1 is 1.41 bits per heavy atom. The van der Waals surface area contributed by atoms with Crippen molar-refractivity contribution in [2.75, 3.05) is 33.4 Å². The molecule has 1 amide bonds. The van der Waals surface area contributed by atoms with Gasteiger partial charge in [-0.3, -0.25) is 4.79 Å². The van der Waals surface area contributed by atoms with Crippen molar-refractivity contribution in [3.8, 4) is 0 Å². The molecule has 0 spiro atoms. The van der Waals surface area contributed by atoms with Crippen molar-refractivity contribution in [2.45, 2.75) is 37.4 Å². The minimum absolute atomic E-state index is 0.0117. The van der Waals surface area contributed by atoms with Crippen molar-refractivity contribution < 1.29 is 19.4 Å². The van der Waals surface area contributed by atoms with Crippen molar-refractivity contribution in [2.24, 2.45) is 0 Å². The lowest BCUT2D eigenvalue weighted by Gasteiger charge is -2.36. The molecule has 5 nitrogen and oxygen atoms in total. The second-order valence-corrected chi connectivity index (χ2v) is 5.03. The number of hydrogen-bond acceptors (Lipinski definition) is 4. The number of carbonyl (C=O) groups excluding carboxylic acids is 1. The number of nitrogens with zero attached hydrogens (tertiary/aromatic N) is 1. The highest BCUT2D eigenvalue weighted by molar-refractivity contribution is 5.81. The first-order chi connectivity index (χ1) is 8.11. The Bertz CT molecular complexity index is 270. The van der Waals surface area contributed by atoms with E-state index < -0.39 is 5.60 Å². The van der Waals surface area contributed by atoms with Gasteiger partial charge in [-0.25, -0.2) is 0 Å². The van der Waals surface area contributed by atoms with Crippen LogP contribution in [0.4, 0.5) is 0 Å². The van der Waals surface area contributed by atoms with Crippen molar-refractivity contribution in [1.29, 1.82) is 0 Å². The predicted molar refractivity (Wildman–Crippen MR) is 61.6 cm³/mol. The zero-order valence-electron chi connectivity index (χ0n) is 10.4. The molecule has 0 bridgehead atoms. The quantitative estimate of drug-likeness (QED) is 0.767. The maximum Gasteiger partial charge on any atom is 0.251 e. The van der Waals surface area contributed by atoms with Crippen LogP contribution in [-0.4, -0.2) is 61.0 Å². The molecule has 2 fully saturated rings. The fourth-order valence-corrected chi connectivity index (χ4v) is 2.45. The summed E-state index contributed by atoms with van der Waals surface area (Å²) in [6, 6.07) is 0. The van der Waals surface area contributed by atoms with E-state index in [1.54, 1.807) is 11.9 Å². The Hall–Kier alpha value is -0.650. The third-order valence-electron chi connectivity index (χ3n) is 3.54. The first kappa shape index (κ1) is 12.8. The van der Waals surface area contributed by atoms with E-state index in [0.29, 0.717) is 39.2 Å². The van der Waals surface area contributed by atoms with Gasteiger partial charge >= 0.3 is 0 Å². The molecule has 0 aromatic rings. The molecule has 1 atom stereocenters. The molecule has 1 unspecified atom stereocenters. The molecule has 2 aliphatic rings. The van der Waals surface area contributed by atoms with Crippen LogP contribution in [0.3, 0.4) is 0 Å². The molecule has 0 aromatic heterocycles. The maximum absolute atomic E-state index is 12.0. The van der Waals surface area contributed by atoms with E-state index in [0.717, 1.165) is 12.8 Å². The summed E-state index contributed by atoms with van der Waals surface area (Å²) in [5.41, 5.74) is -0.790. The number of carbonyl (C=O) groups is 1. The lowest BCUT2D eigenvalue weighted by molar-refractivity contribution is -0.145. The molecule has 98 valence electrons. The number of ether oxygens (including phenoxy) is 2. The SMILES string of the molecule is CN(CC1(O)CCOCC1)C(=O)C1CCCO1. The average Bonchev–Trinajstić information content (AvgIpc) is 2.81. The molecule has 2 rings (SSSR count). The Kier molecular flexibility index (Phi) is 4.01. The van der Waals surface area contributed by atoms with Gasteiger partial charge in [0.1, 0.15) is 6.10 Å². The zero-order valence-corrected chi connectivity index (χ0v) is 10.4. The fraction of sp³-hybridized carbons (Fsp3) is 0.917. The number of aliphatic hydroxyl groups is 1. The minimum Gasteiger partial charge on any atom is -0.388 e. The summed E-state index contributed by atoms with van der Waals surface area (Å²) in [6.07, 6.45) is 2.63. The predicted octanol–water partition coefficient (Wildman–Crippen LogP) is 0.165. The third-order valence-corrected chi connectivity index (χ3v) is 3.54. The molecular formula is C12H21NO4. The highest BCUT2D eigenvalue weighted by Gasteiger charge is 2.34. The number of hydrogen-bond donors (Lipinski definition) is 1. The minimum atomic E-state index is -0.790. The van der Waals surface area contributed by atoms with Crippen LogP contribution in [0.15, 0.2) is 0 Å². The monoisotopic (exact) mass is 243 g/mol. The Morgan fingerprint density at radius 2 is 2.12 bits per heavy atom. The third kappa shape index (κ3) is 3.18. The van der Waals surface area contributed by atoms with Gasteiger partial charge in [-0.1, -0.05) is 0 Å². The molecule has 5 heteroatoms. The van der Waals surface area contributed by atoms with Crippen LogP contribution >= 0.6 is 0 Å². The van der Waals surface area contributed by atoms with E-state index in [2.05, 4.69) is 0 Å². The van der Waals surface area contributed by atoms with E-state index in [-0.39, 0.29) is 12.0 Å². The van der Waals surface area contributed by atoms with Gasteiger partial charge in [-0.15, -0.1) is 0 Å². The van der Waals surface area contributed by atoms with Gasteiger partial charge in [-0.2, -0.15) is 0 Å². The second-order valence-electron chi connectivity index (χ2n) is 5.03. The highest BCUT2D eigenvalue weighted by atomic mass is 16.5. The topological polar surface area (TPSA) is 59.0 Å². The van der Waals surface area contributed by atoms with Gasteiger partial charge in [0, 0.05) is 46.3 Å². The lowest BCUT2D eigenvalue weighted by atomic mass is 9.94. The summed E-state index contributed by atoms with van der Waals surface area (Å²) < 4.78 is 10.6. The largest absolute Gasteiger partial charge is 0.388 e. The van der Waals surface area contributed by atoms with Crippen molar-refractivity contribution in [3.05, 3.63) is 0 Å². The molecule has 0 aliphatic carbocycles. The van der Waals surface area contributed by atoms with Crippen molar-refractivity contribution in [3.63, 3.8) is 0 Å². The van der Waals surface area contributed by atoms with E-state index in [4.69, 9.17) is 9.47 Å². The number of amides is 1. The standard InChI is InChI=1S/C12H21NO4/c1-13(11(14)10-3-2-6-17-10)9-12(15)4-7-16-8-5-12/h10,15H,2-9H2,1H3. The molecule has 2 heterocycles. The molecular weight excluding hydrogens is 222 g/mol. The zero-order chi connectivity index (χ0) is 12.3. The average molecular weight is 243 g/mol. The van der Waals surface area contributed by atoms with Crippen LogP contribution in [0.5, 0.6) is 0 Å². The Morgan fingerprint density at radius 3 is 2.71 bits per heavy atom.